The smallest absolute Gasteiger partial charge is 0.430 e. The third-order valence-corrected chi connectivity index (χ3v) is 2.85. The molecule has 0 aromatic carbocycles. The summed E-state index contributed by atoms with van der Waals surface area (Å²) in [6, 6.07) is 0. The molecular formula is C12H25NO13S2. The number of aliphatic carboxylic acids is 2. The second-order valence-electron chi connectivity index (χ2n) is 4.10. The van der Waals surface area contributed by atoms with E-state index in [0.29, 0.717) is 6.42 Å². The van der Waals surface area contributed by atoms with Crippen molar-refractivity contribution in [2.75, 3.05) is 0 Å². The first-order chi connectivity index (χ1) is 12.2. The molecule has 0 bridgehead atoms. The van der Waals surface area contributed by atoms with Gasteiger partial charge < -0.3 is 21.5 Å². The summed E-state index contributed by atoms with van der Waals surface area (Å²) in [5.41, 5.74) is 0. The van der Waals surface area contributed by atoms with E-state index in [-0.39, 0.29) is 12.6 Å². The van der Waals surface area contributed by atoms with Crippen LogP contribution < -0.4 is 6.15 Å². The minimum absolute atomic E-state index is 0. The van der Waals surface area contributed by atoms with Crippen LogP contribution in [0.15, 0.2) is 25.3 Å². The number of unbranched alkanes of at least 4 members (excludes halogenated alkanes) is 2. The number of rotatable bonds is 11. The normalized spacial score (nSPS) is 11.2. The van der Waals surface area contributed by atoms with Crippen molar-refractivity contribution in [1.82, 2.24) is 6.15 Å². The van der Waals surface area contributed by atoms with Crippen molar-refractivity contribution in [3.8, 4) is 0 Å². The van der Waals surface area contributed by atoms with Crippen molar-refractivity contribution >= 4 is 32.7 Å². The highest BCUT2D eigenvalue weighted by Crippen LogP contribution is 2.09. The van der Waals surface area contributed by atoms with Crippen molar-refractivity contribution in [1.29, 1.82) is 0 Å². The molecule has 0 amide bonds. The predicted molar refractivity (Wildman–Crippen MR) is 94.6 cm³/mol. The van der Waals surface area contributed by atoms with Crippen molar-refractivity contribution in [2.24, 2.45) is 0 Å². The van der Waals surface area contributed by atoms with Crippen LogP contribution >= 0.6 is 0 Å². The maximum Gasteiger partial charge on any atom is 0.430 e. The topological polar surface area (TPSA) is 246 Å². The number of carbonyl (C=O) groups is 2. The van der Waals surface area contributed by atoms with Crippen LogP contribution in [0.3, 0.4) is 0 Å². The molecule has 0 fully saturated rings. The van der Waals surface area contributed by atoms with E-state index in [0.717, 1.165) is 25.0 Å². The van der Waals surface area contributed by atoms with Gasteiger partial charge in [0.25, 0.3) is 0 Å². The molecule has 1 unspecified atom stereocenters. The SMILES string of the molecule is C=CC(=O)O.C=CC(=O)O.CCCCCC(O)OS(=O)(=O)OOS(=O)(=O)O.N. The van der Waals surface area contributed by atoms with Crippen LogP contribution in [0.25, 0.3) is 0 Å². The minimum atomic E-state index is -5.08. The molecule has 1 atom stereocenters. The van der Waals surface area contributed by atoms with E-state index in [1.807, 2.05) is 6.92 Å². The summed E-state index contributed by atoms with van der Waals surface area (Å²) in [7, 11) is -9.94. The van der Waals surface area contributed by atoms with Crippen LogP contribution in [0.4, 0.5) is 0 Å². The molecule has 0 aliphatic heterocycles. The van der Waals surface area contributed by atoms with Gasteiger partial charge in [0.15, 0.2) is 6.29 Å². The maximum atomic E-state index is 10.8. The van der Waals surface area contributed by atoms with E-state index in [4.69, 9.17) is 19.9 Å². The molecule has 0 heterocycles. The number of carboxylic acid groups (broad SMARTS) is 2. The Labute approximate surface area is 162 Å². The zero-order chi connectivity index (χ0) is 22.1. The Hall–Kier alpha value is -1.92. The van der Waals surface area contributed by atoms with Crippen LogP contribution in [0.2, 0.25) is 0 Å². The zero-order valence-corrected chi connectivity index (χ0v) is 16.6. The molecule has 0 saturated heterocycles. The third kappa shape index (κ3) is 35.2. The second kappa shape index (κ2) is 18.4. The lowest BCUT2D eigenvalue weighted by Crippen LogP contribution is -2.21. The minimum Gasteiger partial charge on any atom is -0.478 e. The molecule has 28 heavy (non-hydrogen) atoms. The zero-order valence-electron chi connectivity index (χ0n) is 15.0. The molecule has 0 aliphatic rings. The number of hydrogen-bond donors (Lipinski definition) is 5. The predicted octanol–water partition coefficient (Wildman–Crippen LogP) is 0.574. The lowest BCUT2D eigenvalue weighted by Gasteiger charge is -2.09. The van der Waals surface area contributed by atoms with E-state index in [2.05, 4.69) is 26.0 Å². The van der Waals surface area contributed by atoms with E-state index < -0.39 is 39.0 Å². The van der Waals surface area contributed by atoms with Crippen molar-refractivity contribution in [3.05, 3.63) is 25.3 Å². The molecular weight excluding hydrogens is 430 g/mol. The number of hydrogen-bond acceptors (Lipinski definition) is 11. The Morgan fingerprint density at radius 2 is 1.39 bits per heavy atom. The number of aliphatic hydroxyl groups is 1. The molecule has 16 heteroatoms. The van der Waals surface area contributed by atoms with Crippen LogP contribution in [0, 0.1) is 0 Å². The van der Waals surface area contributed by atoms with E-state index in [9.17, 15) is 26.4 Å². The maximum absolute atomic E-state index is 10.8. The molecule has 0 aromatic rings. The monoisotopic (exact) mass is 455 g/mol. The van der Waals surface area contributed by atoms with E-state index >= 15 is 0 Å². The van der Waals surface area contributed by atoms with Gasteiger partial charge in [-0.2, -0.15) is 16.8 Å². The first-order valence-corrected chi connectivity index (χ1v) is 9.57. The van der Waals surface area contributed by atoms with Gasteiger partial charge in [-0.05, 0) is 12.8 Å². The molecule has 0 radical (unpaired) electrons. The fraction of sp³-hybridized carbons (Fsp3) is 0.500. The van der Waals surface area contributed by atoms with Gasteiger partial charge in [-0.25, -0.2) is 13.8 Å². The van der Waals surface area contributed by atoms with E-state index in [1.165, 1.54) is 0 Å². The first kappa shape index (κ1) is 33.6. The summed E-state index contributed by atoms with van der Waals surface area (Å²) in [6.07, 6.45) is 2.18. The van der Waals surface area contributed by atoms with Gasteiger partial charge in [-0.15, -0.1) is 0 Å². The molecule has 7 N–H and O–H groups in total. The van der Waals surface area contributed by atoms with Crippen molar-refractivity contribution in [2.45, 2.75) is 38.9 Å². The Bertz CT molecular complexity index is 639. The summed E-state index contributed by atoms with van der Waals surface area (Å²) in [4.78, 5) is 18.5. The summed E-state index contributed by atoms with van der Waals surface area (Å²) < 4.78 is 60.1. The van der Waals surface area contributed by atoms with Crippen LogP contribution in [0.1, 0.15) is 32.6 Å². The lowest BCUT2D eigenvalue weighted by molar-refractivity contribution is -0.132. The molecule has 0 aromatic heterocycles. The van der Waals surface area contributed by atoms with Crippen LogP contribution in [-0.4, -0.2) is 54.9 Å². The van der Waals surface area contributed by atoms with Gasteiger partial charge in [-0.1, -0.05) is 41.6 Å². The first-order valence-electron chi connectivity index (χ1n) is 6.87. The Morgan fingerprint density at radius 3 is 1.68 bits per heavy atom. The summed E-state index contributed by atoms with van der Waals surface area (Å²) >= 11 is 0. The van der Waals surface area contributed by atoms with Gasteiger partial charge in [0.2, 0.25) is 0 Å². The Kier molecular flexibility index (Phi) is 22.2. The van der Waals surface area contributed by atoms with E-state index in [1.54, 1.807) is 0 Å². The highest BCUT2D eigenvalue weighted by atomic mass is 32.3. The van der Waals surface area contributed by atoms with Gasteiger partial charge in [0.1, 0.15) is 0 Å². The van der Waals surface area contributed by atoms with Crippen molar-refractivity contribution in [3.63, 3.8) is 0 Å². The highest BCUT2D eigenvalue weighted by Gasteiger charge is 2.22. The average Bonchev–Trinajstić information content (AvgIpc) is 2.53. The lowest BCUT2D eigenvalue weighted by atomic mass is 10.2. The van der Waals surface area contributed by atoms with Crippen LogP contribution in [-0.2, 0) is 43.2 Å². The van der Waals surface area contributed by atoms with Crippen LogP contribution in [0.5, 0.6) is 0 Å². The third-order valence-electron chi connectivity index (χ3n) is 1.83. The van der Waals surface area contributed by atoms with Gasteiger partial charge in [-0.3, -0.25) is 4.55 Å². The summed E-state index contributed by atoms with van der Waals surface area (Å²) in [6.45, 7) is 7.83. The van der Waals surface area contributed by atoms with Gasteiger partial charge in [0, 0.05) is 12.2 Å². The standard InChI is InChI=1S/C6H14O9S2.2C3H4O2.H3N/c1-2-3-4-5-6(7)13-17(11,12)15-14-16(8,9)10;2*1-2-3(4)5;/h6-7H,2-5H2,1H3,(H,8,9,10);2*2H,1H2,(H,4,5);1H3. The fourth-order valence-corrected chi connectivity index (χ4v) is 1.79. The van der Waals surface area contributed by atoms with Crippen molar-refractivity contribution < 1.29 is 59.1 Å². The van der Waals surface area contributed by atoms with Gasteiger partial charge in [0.05, 0.1) is 0 Å². The Morgan fingerprint density at radius 1 is 1.00 bits per heavy atom. The molecule has 0 aliphatic carbocycles. The second-order valence-corrected chi connectivity index (χ2v) is 6.24. The molecule has 0 spiro atoms. The highest BCUT2D eigenvalue weighted by molar-refractivity contribution is 7.83. The molecule has 0 rings (SSSR count). The number of carboxylic acids is 2. The molecule has 0 saturated carbocycles. The molecule has 14 nitrogen and oxygen atoms in total. The molecule has 168 valence electrons. The average molecular weight is 455 g/mol. The number of aliphatic hydroxyl groups excluding tert-OH is 1. The largest absolute Gasteiger partial charge is 0.478 e. The fourth-order valence-electron chi connectivity index (χ4n) is 0.838. The van der Waals surface area contributed by atoms with Gasteiger partial charge >= 0.3 is 32.7 Å². The Balaban J connectivity index is -0.000000216. The quantitative estimate of drug-likeness (QED) is 0.0713. The summed E-state index contributed by atoms with van der Waals surface area (Å²) in [5, 5.41) is 24.3. The summed E-state index contributed by atoms with van der Waals surface area (Å²) in [5.74, 6) is -1.96.